The molecule has 0 amide bonds. The third kappa shape index (κ3) is 97.6. The summed E-state index contributed by atoms with van der Waals surface area (Å²) in [5.74, 6) is 0. The maximum atomic E-state index is 4.83. The Morgan fingerprint density at radius 1 is 0.923 bits per heavy atom. The molecule has 0 spiro atoms. The van der Waals surface area contributed by atoms with Crippen molar-refractivity contribution in [3.05, 3.63) is 25.7 Å². The normalized spacial score (nSPS) is 6.46. The molecule has 0 aromatic carbocycles. The summed E-state index contributed by atoms with van der Waals surface area (Å²) in [4.78, 5) is 0. The Morgan fingerprint density at radius 3 is 1.15 bits per heavy atom. The standard InChI is InChI=1S/C4H10O.2C3H6O/c1-3-5-4-2;2*1-3-4-2/h3-4H2,1-2H3;2*3H,1H2,2H3. The highest BCUT2D eigenvalue weighted by Gasteiger charge is 1.64. The molecule has 0 atom stereocenters. The van der Waals surface area contributed by atoms with Crippen LogP contribution in [0.2, 0.25) is 0 Å². The van der Waals surface area contributed by atoms with E-state index in [0.717, 1.165) is 13.2 Å². The zero-order chi connectivity index (χ0) is 10.9. The Balaban J connectivity index is -0.000000117. The quantitative estimate of drug-likeness (QED) is 0.638. The van der Waals surface area contributed by atoms with E-state index in [2.05, 4.69) is 22.6 Å². The van der Waals surface area contributed by atoms with Crippen molar-refractivity contribution in [1.82, 2.24) is 0 Å². The lowest BCUT2D eigenvalue weighted by molar-refractivity contribution is 0.162. The van der Waals surface area contributed by atoms with Crippen LogP contribution in [-0.2, 0) is 14.2 Å². The molecule has 0 saturated carbocycles. The van der Waals surface area contributed by atoms with E-state index < -0.39 is 0 Å². The summed E-state index contributed by atoms with van der Waals surface area (Å²) in [6, 6.07) is 0. The van der Waals surface area contributed by atoms with Gasteiger partial charge in [0.25, 0.3) is 0 Å². The molecule has 0 aliphatic heterocycles. The summed E-state index contributed by atoms with van der Waals surface area (Å²) in [5.41, 5.74) is 0. The van der Waals surface area contributed by atoms with Crippen LogP contribution in [-0.4, -0.2) is 27.4 Å². The minimum absolute atomic E-state index is 0.844. The molecule has 0 heterocycles. The first-order chi connectivity index (χ1) is 6.24. The largest absolute Gasteiger partial charge is 0.505 e. The molecule has 0 radical (unpaired) electrons. The first-order valence-electron chi connectivity index (χ1n) is 4.10. The van der Waals surface area contributed by atoms with Crippen LogP contribution in [0.5, 0.6) is 0 Å². The number of ether oxygens (including phenoxy) is 3. The fraction of sp³-hybridized carbons (Fsp3) is 0.600. The number of methoxy groups -OCH3 is 2. The molecule has 0 rings (SSSR count). The van der Waals surface area contributed by atoms with Crippen molar-refractivity contribution in [3.8, 4) is 0 Å². The SMILES string of the molecule is C=COC.C=COC.CCOCC. The fourth-order valence-electron chi connectivity index (χ4n) is 0.204. The predicted octanol–water partition coefficient (Wildman–Crippen LogP) is 2.60. The summed E-state index contributed by atoms with van der Waals surface area (Å²) in [6.45, 7) is 12.2. The molecule has 0 fully saturated rings. The van der Waals surface area contributed by atoms with E-state index >= 15 is 0 Å². The highest BCUT2D eigenvalue weighted by atomic mass is 16.5. The highest BCUT2D eigenvalue weighted by molar-refractivity contribution is 4.43. The molecule has 0 bridgehead atoms. The molecule has 0 aliphatic carbocycles. The Kier molecular flexibility index (Phi) is 42.1. The van der Waals surface area contributed by atoms with Crippen molar-refractivity contribution in [1.29, 1.82) is 0 Å². The minimum atomic E-state index is 0.844. The van der Waals surface area contributed by atoms with Crippen LogP contribution in [0.15, 0.2) is 25.7 Å². The zero-order valence-corrected chi connectivity index (χ0v) is 9.21. The van der Waals surface area contributed by atoms with Gasteiger partial charge in [-0.05, 0) is 13.8 Å². The van der Waals surface area contributed by atoms with Gasteiger partial charge in [0.05, 0.1) is 26.7 Å². The van der Waals surface area contributed by atoms with Crippen LogP contribution >= 0.6 is 0 Å². The molecule has 3 nitrogen and oxygen atoms in total. The van der Waals surface area contributed by atoms with Gasteiger partial charge in [-0.1, -0.05) is 13.2 Å². The molecule has 80 valence electrons. The average Bonchev–Trinajstić information content (AvgIpc) is 2.20. The molecule has 0 aromatic rings. The van der Waals surface area contributed by atoms with Crippen LogP contribution in [0.1, 0.15) is 13.8 Å². The lowest BCUT2D eigenvalue weighted by Gasteiger charge is -1.86. The van der Waals surface area contributed by atoms with Gasteiger partial charge in [-0.2, -0.15) is 0 Å². The Hall–Kier alpha value is -0.960. The molecule has 0 unspecified atom stereocenters. The minimum Gasteiger partial charge on any atom is -0.505 e. The van der Waals surface area contributed by atoms with Crippen molar-refractivity contribution in [2.45, 2.75) is 13.8 Å². The van der Waals surface area contributed by atoms with Crippen molar-refractivity contribution in [2.24, 2.45) is 0 Å². The van der Waals surface area contributed by atoms with Crippen LogP contribution in [0.3, 0.4) is 0 Å². The molecule has 13 heavy (non-hydrogen) atoms. The second-order valence-corrected chi connectivity index (χ2v) is 1.59. The van der Waals surface area contributed by atoms with Gasteiger partial charge >= 0.3 is 0 Å². The molecular formula is C10H22O3. The monoisotopic (exact) mass is 190 g/mol. The lowest BCUT2D eigenvalue weighted by Crippen LogP contribution is -1.84. The molecule has 0 N–H and O–H groups in total. The first-order valence-corrected chi connectivity index (χ1v) is 4.10. The smallest absolute Gasteiger partial charge is 0.0766 e. The summed E-state index contributed by atoms with van der Waals surface area (Å²) in [5, 5.41) is 0. The molecule has 0 aliphatic rings. The van der Waals surface area contributed by atoms with E-state index in [1.165, 1.54) is 12.5 Å². The number of hydrogen-bond acceptors (Lipinski definition) is 3. The summed E-state index contributed by atoms with van der Waals surface area (Å²) in [6.07, 6.45) is 2.75. The third-order valence-corrected chi connectivity index (χ3v) is 0.742. The van der Waals surface area contributed by atoms with E-state index in [1.54, 1.807) is 14.2 Å². The van der Waals surface area contributed by atoms with E-state index in [4.69, 9.17) is 4.74 Å². The molecule has 3 heteroatoms. The first kappa shape index (κ1) is 18.0. The zero-order valence-electron chi connectivity index (χ0n) is 9.21. The van der Waals surface area contributed by atoms with Gasteiger partial charge in [-0.25, -0.2) is 0 Å². The van der Waals surface area contributed by atoms with E-state index in [1.807, 2.05) is 13.8 Å². The van der Waals surface area contributed by atoms with Crippen molar-refractivity contribution in [2.75, 3.05) is 27.4 Å². The molecular weight excluding hydrogens is 168 g/mol. The van der Waals surface area contributed by atoms with Gasteiger partial charge in [0.15, 0.2) is 0 Å². The molecule has 0 aromatic heterocycles. The topological polar surface area (TPSA) is 27.7 Å². The predicted molar refractivity (Wildman–Crippen MR) is 56.6 cm³/mol. The summed E-state index contributed by atoms with van der Waals surface area (Å²) in [7, 11) is 3.12. The van der Waals surface area contributed by atoms with Crippen LogP contribution in [0.25, 0.3) is 0 Å². The maximum Gasteiger partial charge on any atom is 0.0766 e. The Bertz CT molecular complexity index is 72.2. The van der Waals surface area contributed by atoms with Gasteiger partial charge in [0.1, 0.15) is 0 Å². The van der Waals surface area contributed by atoms with Gasteiger partial charge < -0.3 is 14.2 Å². The van der Waals surface area contributed by atoms with E-state index in [9.17, 15) is 0 Å². The Morgan fingerprint density at radius 2 is 1.15 bits per heavy atom. The summed E-state index contributed by atoms with van der Waals surface area (Å²) >= 11 is 0. The van der Waals surface area contributed by atoms with Gasteiger partial charge in [0, 0.05) is 13.2 Å². The fourth-order valence-corrected chi connectivity index (χ4v) is 0.204. The lowest BCUT2D eigenvalue weighted by atomic mass is 10.8. The van der Waals surface area contributed by atoms with Gasteiger partial charge in [-0.15, -0.1) is 0 Å². The summed E-state index contributed by atoms with van der Waals surface area (Å²) < 4.78 is 13.4. The van der Waals surface area contributed by atoms with Crippen molar-refractivity contribution in [3.63, 3.8) is 0 Å². The van der Waals surface area contributed by atoms with Crippen molar-refractivity contribution >= 4 is 0 Å². The Labute approximate surface area is 82.0 Å². The second kappa shape index (κ2) is 30.5. The van der Waals surface area contributed by atoms with Crippen LogP contribution < -0.4 is 0 Å². The van der Waals surface area contributed by atoms with Gasteiger partial charge in [-0.3, -0.25) is 0 Å². The second-order valence-electron chi connectivity index (χ2n) is 1.59. The number of rotatable bonds is 4. The highest BCUT2D eigenvalue weighted by Crippen LogP contribution is 1.64. The van der Waals surface area contributed by atoms with Crippen LogP contribution in [0.4, 0.5) is 0 Å². The van der Waals surface area contributed by atoms with E-state index in [-0.39, 0.29) is 0 Å². The van der Waals surface area contributed by atoms with Gasteiger partial charge in [0.2, 0.25) is 0 Å². The van der Waals surface area contributed by atoms with Crippen molar-refractivity contribution < 1.29 is 14.2 Å². The number of hydrogen-bond donors (Lipinski definition) is 0. The third-order valence-electron chi connectivity index (χ3n) is 0.742. The molecule has 0 saturated heterocycles. The maximum absolute atomic E-state index is 4.83. The average molecular weight is 190 g/mol. The van der Waals surface area contributed by atoms with Crippen LogP contribution in [0, 0.1) is 0 Å². The van der Waals surface area contributed by atoms with E-state index in [0.29, 0.717) is 0 Å².